The highest BCUT2D eigenvalue weighted by Crippen LogP contribution is 2.15. The molecule has 0 bridgehead atoms. The van der Waals surface area contributed by atoms with Gasteiger partial charge in [0.15, 0.2) is 6.10 Å². The summed E-state index contributed by atoms with van der Waals surface area (Å²) in [4.78, 5) is 37.6. The molecule has 0 saturated carbocycles. The molecule has 0 aliphatic rings. The van der Waals surface area contributed by atoms with Crippen molar-refractivity contribution in [3.8, 4) is 0 Å². The summed E-state index contributed by atoms with van der Waals surface area (Å²) in [6.07, 6.45) is 92.4. The summed E-state index contributed by atoms with van der Waals surface area (Å²) in [5.74, 6) is -2.06. The maximum absolute atomic E-state index is 12.9. The molecule has 0 aromatic heterocycles. The van der Waals surface area contributed by atoms with Gasteiger partial charge in [-0.3, -0.25) is 9.59 Å². The third kappa shape index (κ3) is 66.5. The Balaban J connectivity index is 4.28. The number of hydrogen-bond acceptors (Lipinski definition) is 7. The molecule has 85 heavy (non-hydrogen) atoms. The first-order valence-electron chi connectivity index (χ1n) is 34.0. The molecule has 0 spiro atoms. The number of esters is 2. The topological polar surface area (TPSA) is 108 Å². The third-order valence-electron chi connectivity index (χ3n) is 14.1. The Kier molecular flexibility index (Phi) is 61.4. The number of hydrogen-bond donors (Lipinski definition) is 1. The number of ether oxygens (including phenoxy) is 4. The van der Waals surface area contributed by atoms with Gasteiger partial charge in [-0.25, -0.2) is 4.79 Å². The number of rotatable bonds is 61. The molecule has 0 aliphatic heterocycles. The first kappa shape index (κ1) is 80.2. The molecule has 9 nitrogen and oxygen atoms in total. The lowest BCUT2D eigenvalue weighted by Crippen LogP contribution is -2.40. The van der Waals surface area contributed by atoms with Gasteiger partial charge >= 0.3 is 17.9 Å². The number of allylic oxidation sites excluding steroid dienone is 24. The molecule has 0 saturated heterocycles. The van der Waals surface area contributed by atoms with Gasteiger partial charge in [0.25, 0.3) is 6.29 Å². The van der Waals surface area contributed by atoms with Crippen molar-refractivity contribution >= 4 is 17.9 Å². The van der Waals surface area contributed by atoms with Gasteiger partial charge in [-0.1, -0.05) is 269 Å². The van der Waals surface area contributed by atoms with E-state index in [1.807, 2.05) is 21.1 Å². The number of carboxylic acids is 1. The minimum Gasteiger partial charge on any atom is -0.477 e. The first-order valence-corrected chi connectivity index (χ1v) is 34.0. The summed E-state index contributed by atoms with van der Waals surface area (Å²) in [6, 6.07) is 0. The maximum atomic E-state index is 12.9. The number of unbranched alkanes of at least 4 members (excludes halogenated alkanes) is 22. The standard InChI is InChI=1S/C76H125NO8/c1-6-8-10-12-14-16-18-20-22-24-26-28-30-31-32-33-34-35-36-37-38-39-40-41-42-43-45-47-49-51-53-55-57-59-61-63-65-67-74(79)85-72(71-84-76(75(80)81)82-69-68-77(3,4)5)70-83-73(78)66-64-62-60-58-56-54-52-50-48-46-44-29-27-25-23-21-19-17-15-13-11-9-7-2/h8,10,14,16,20,22,25-28,31-32,34-35,37-38,40-41,43,45,49,51,55,57,72,76H,6-7,9,11-13,15,17-19,21,23-24,29-30,33,36,39,42,44,46-48,50,52-54,56,58-71H2,1-5H3/p+1/b10-8-,16-14-,22-20-,27-25-,28-26-,32-31-,35-34-,38-37-,41-40-,45-43-,51-49-,57-55-. The number of carbonyl (C=O) groups is 3. The van der Waals surface area contributed by atoms with E-state index in [1.165, 1.54) is 116 Å². The van der Waals surface area contributed by atoms with E-state index >= 15 is 0 Å². The molecule has 1 N–H and O–H groups in total. The van der Waals surface area contributed by atoms with E-state index in [4.69, 9.17) is 18.9 Å². The van der Waals surface area contributed by atoms with Crippen molar-refractivity contribution in [1.82, 2.24) is 0 Å². The van der Waals surface area contributed by atoms with Crippen LogP contribution in [0.15, 0.2) is 146 Å². The van der Waals surface area contributed by atoms with Crippen LogP contribution in [0.25, 0.3) is 0 Å². The molecule has 0 rings (SSSR count). The van der Waals surface area contributed by atoms with Crippen LogP contribution in [0.4, 0.5) is 0 Å². The Morgan fingerprint density at radius 2 is 0.671 bits per heavy atom. The van der Waals surface area contributed by atoms with Crippen LogP contribution in [0.2, 0.25) is 0 Å². The van der Waals surface area contributed by atoms with Crippen LogP contribution in [-0.4, -0.2) is 87.4 Å². The van der Waals surface area contributed by atoms with Gasteiger partial charge in [0.1, 0.15) is 13.2 Å². The molecule has 0 fully saturated rings. The molecule has 2 atom stereocenters. The van der Waals surface area contributed by atoms with Crippen LogP contribution in [0.5, 0.6) is 0 Å². The zero-order chi connectivity index (χ0) is 61.9. The predicted octanol–water partition coefficient (Wildman–Crippen LogP) is 21.1. The SMILES string of the molecule is CC/C=C\C/C=C\C/C=C\C/C=C\C/C=C\C/C=C\C/C=C\C/C=C\C/C=C\C/C=C\C/C=C\CCCCCC(=O)OC(COC(=O)CCCCCCCCCCCCC/C=C\CCCCCCCCCC)COC(OCC[N+](C)(C)C)C(=O)O. The second-order valence-corrected chi connectivity index (χ2v) is 23.4. The van der Waals surface area contributed by atoms with Gasteiger partial charge in [-0.2, -0.15) is 0 Å². The van der Waals surface area contributed by atoms with E-state index in [0.717, 1.165) is 109 Å². The Bertz CT molecular complexity index is 1900. The number of carbonyl (C=O) groups excluding carboxylic acids is 2. The number of likely N-dealkylation sites (N-methyl/N-ethyl adjacent to an activating group) is 1. The van der Waals surface area contributed by atoms with Crippen molar-refractivity contribution in [2.24, 2.45) is 0 Å². The van der Waals surface area contributed by atoms with E-state index < -0.39 is 24.3 Å². The Morgan fingerprint density at radius 3 is 1.02 bits per heavy atom. The summed E-state index contributed by atoms with van der Waals surface area (Å²) < 4.78 is 22.9. The summed E-state index contributed by atoms with van der Waals surface area (Å²) in [7, 11) is 5.95. The normalized spacial score (nSPS) is 13.7. The highest BCUT2D eigenvalue weighted by molar-refractivity contribution is 5.71. The molecule has 2 unspecified atom stereocenters. The summed E-state index contributed by atoms with van der Waals surface area (Å²) in [5, 5.41) is 9.73. The lowest BCUT2D eigenvalue weighted by molar-refractivity contribution is -0.870. The van der Waals surface area contributed by atoms with Crippen molar-refractivity contribution in [2.75, 3.05) is 47.5 Å². The largest absolute Gasteiger partial charge is 0.477 e. The molecular formula is C76H126NO8+. The van der Waals surface area contributed by atoms with E-state index in [9.17, 15) is 19.5 Å². The summed E-state index contributed by atoms with van der Waals surface area (Å²) in [5.41, 5.74) is 0. The zero-order valence-electron chi connectivity index (χ0n) is 55.0. The number of nitrogens with zero attached hydrogens (tertiary/aromatic N) is 1. The molecule has 0 heterocycles. The first-order chi connectivity index (χ1) is 41.6. The molecule has 0 radical (unpaired) electrons. The van der Waals surface area contributed by atoms with Crippen molar-refractivity contribution in [3.63, 3.8) is 0 Å². The van der Waals surface area contributed by atoms with Crippen LogP contribution < -0.4 is 0 Å². The molecule has 0 aromatic carbocycles. The highest BCUT2D eigenvalue weighted by atomic mass is 16.7. The van der Waals surface area contributed by atoms with Crippen LogP contribution >= 0.6 is 0 Å². The van der Waals surface area contributed by atoms with Gasteiger partial charge in [0.2, 0.25) is 0 Å². The van der Waals surface area contributed by atoms with Crippen molar-refractivity contribution in [2.45, 2.75) is 270 Å². The van der Waals surface area contributed by atoms with E-state index in [2.05, 4.69) is 160 Å². The second-order valence-electron chi connectivity index (χ2n) is 23.4. The van der Waals surface area contributed by atoms with Crippen LogP contribution in [0, 0.1) is 0 Å². The summed E-state index contributed by atoms with van der Waals surface area (Å²) in [6.45, 7) is 4.72. The van der Waals surface area contributed by atoms with Crippen molar-refractivity contribution < 1.29 is 42.9 Å². The van der Waals surface area contributed by atoms with Gasteiger partial charge in [-0.05, 0) is 122 Å². The number of quaternary nitrogens is 1. The number of carboxylic acid groups (broad SMARTS) is 1. The molecule has 482 valence electrons. The Morgan fingerprint density at radius 1 is 0.365 bits per heavy atom. The second kappa shape index (κ2) is 65.2. The average molecular weight is 1180 g/mol. The lowest BCUT2D eigenvalue weighted by Gasteiger charge is -2.25. The van der Waals surface area contributed by atoms with E-state index in [1.54, 1.807) is 0 Å². The predicted molar refractivity (Wildman–Crippen MR) is 364 cm³/mol. The molecule has 0 amide bonds. The van der Waals surface area contributed by atoms with Crippen molar-refractivity contribution in [3.05, 3.63) is 146 Å². The molecular weight excluding hydrogens is 1050 g/mol. The fourth-order valence-corrected chi connectivity index (χ4v) is 8.90. The quantitative estimate of drug-likeness (QED) is 0.0211. The van der Waals surface area contributed by atoms with Gasteiger partial charge in [0, 0.05) is 12.8 Å². The average Bonchev–Trinajstić information content (AvgIpc) is 3.48. The maximum Gasteiger partial charge on any atom is 0.361 e. The van der Waals surface area contributed by atoms with Crippen LogP contribution in [0.3, 0.4) is 0 Å². The monoisotopic (exact) mass is 1180 g/mol. The van der Waals surface area contributed by atoms with Crippen molar-refractivity contribution in [1.29, 1.82) is 0 Å². The van der Waals surface area contributed by atoms with Gasteiger partial charge in [0.05, 0.1) is 34.4 Å². The Labute approximate surface area is 522 Å². The minimum atomic E-state index is -1.53. The van der Waals surface area contributed by atoms with Crippen LogP contribution in [-0.2, 0) is 33.3 Å². The van der Waals surface area contributed by atoms with Gasteiger partial charge < -0.3 is 28.5 Å². The fraction of sp³-hybridized carbons (Fsp3) is 0.645. The van der Waals surface area contributed by atoms with Gasteiger partial charge in [-0.15, -0.1) is 0 Å². The highest BCUT2D eigenvalue weighted by Gasteiger charge is 2.25. The zero-order valence-corrected chi connectivity index (χ0v) is 55.0. The number of aliphatic carboxylic acids is 1. The smallest absolute Gasteiger partial charge is 0.361 e. The van der Waals surface area contributed by atoms with E-state index in [-0.39, 0.29) is 38.6 Å². The third-order valence-corrected chi connectivity index (χ3v) is 14.1. The molecule has 0 aliphatic carbocycles. The van der Waals surface area contributed by atoms with Crippen LogP contribution in [0.1, 0.15) is 258 Å². The fourth-order valence-electron chi connectivity index (χ4n) is 8.90. The molecule has 0 aromatic rings. The summed E-state index contributed by atoms with van der Waals surface area (Å²) >= 11 is 0. The van der Waals surface area contributed by atoms with E-state index in [0.29, 0.717) is 17.4 Å². The Hall–Kier alpha value is -4.83. The lowest BCUT2D eigenvalue weighted by atomic mass is 10.0. The molecule has 9 heteroatoms. The minimum absolute atomic E-state index is 0.174.